The number of rotatable bonds is 3. The van der Waals surface area contributed by atoms with E-state index in [0.29, 0.717) is 0 Å². The van der Waals surface area contributed by atoms with E-state index in [1.807, 2.05) is 26.8 Å². The third-order valence-corrected chi connectivity index (χ3v) is 5.12. The highest BCUT2D eigenvalue weighted by atomic mass is 16.6. The van der Waals surface area contributed by atoms with Gasteiger partial charge in [-0.25, -0.2) is 4.79 Å². The molecule has 1 heterocycles. The maximum absolute atomic E-state index is 12.2. The number of hydrogen-bond donors (Lipinski definition) is 1. The number of ether oxygens (including phenoxy) is 1. The van der Waals surface area contributed by atoms with Gasteiger partial charge in [0.1, 0.15) is 5.60 Å². The Hall–Kier alpha value is -1.55. The van der Waals surface area contributed by atoms with Crippen molar-refractivity contribution in [2.75, 3.05) is 13.1 Å². The summed E-state index contributed by atoms with van der Waals surface area (Å²) in [6.45, 7) is 10.7. The molecule has 0 aromatic heterocycles. The van der Waals surface area contributed by atoms with Gasteiger partial charge in [0, 0.05) is 25.0 Å². The molecule has 1 saturated carbocycles. The molecular formula is C19H28N2O2. The summed E-state index contributed by atoms with van der Waals surface area (Å²) in [6, 6.07) is 10.5. The fourth-order valence-corrected chi connectivity index (χ4v) is 3.79. The lowest BCUT2D eigenvalue weighted by molar-refractivity contribution is 0.0436. The molecule has 1 aliphatic carbocycles. The van der Waals surface area contributed by atoms with E-state index in [9.17, 15) is 4.79 Å². The number of nitrogens with zero attached hydrogens (tertiary/aromatic N) is 1. The van der Waals surface area contributed by atoms with E-state index in [4.69, 9.17) is 4.74 Å². The zero-order valence-corrected chi connectivity index (χ0v) is 14.7. The van der Waals surface area contributed by atoms with Crippen molar-refractivity contribution < 1.29 is 9.53 Å². The van der Waals surface area contributed by atoms with Gasteiger partial charge in [0.25, 0.3) is 0 Å². The number of carbonyl (C=O) groups excluding carboxylic acids is 1. The molecule has 126 valence electrons. The number of nitrogens with one attached hydrogen (secondary N) is 1. The number of carbonyl (C=O) groups is 1. The Morgan fingerprint density at radius 3 is 2.43 bits per heavy atom. The molecule has 1 unspecified atom stereocenters. The van der Waals surface area contributed by atoms with E-state index in [1.165, 1.54) is 18.4 Å². The van der Waals surface area contributed by atoms with E-state index in [2.05, 4.69) is 41.4 Å². The van der Waals surface area contributed by atoms with Crippen molar-refractivity contribution in [1.29, 1.82) is 0 Å². The van der Waals surface area contributed by atoms with Crippen LogP contribution in [0.25, 0.3) is 0 Å². The van der Waals surface area contributed by atoms with Crippen LogP contribution in [-0.2, 0) is 11.3 Å². The zero-order chi connectivity index (χ0) is 16.7. The second-order valence-electron chi connectivity index (χ2n) is 8.37. The molecule has 1 N–H and O–H groups in total. The van der Waals surface area contributed by atoms with Crippen molar-refractivity contribution in [3.8, 4) is 0 Å². The number of benzene rings is 1. The number of amides is 1. The molecule has 2 fully saturated rings. The molecule has 1 amide bonds. The van der Waals surface area contributed by atoms with Crippen molar-refractivity contribution in [2.45, 2.75) is 58.2 Å². The summed E-state index contributed by atoms with van der Waals surface area (Å²) in [5.41, 5.74) is 0.882. The average Bonchev–Trinajstić information content (AvgIpc) is 3.13. The molecule has 4 heteroatoms. The quantitative estimate of drug-likeness (QED) is 0.927. The molecule has 1 saturated heterocycles. The maximum Gasteiger partial charge on any atom is 0.408 e. The Kier molecular flexibility index (Phi) is 3.91. The molecule has 0 bridgehead atoms. The van der Waals surface area contributed by atoms with Gasteiger partial charge in [-0.05, 0) is 46.1 Å². The second kappa shape index (κ2) is 5.52. The zero-order valence-electron chi connectivity index (χ0n) is 14.7. The van der Waals surface area contributed by atoms with Gasteiger partial charge in [0.05, 0.1) is 5.54 Å². The predicted octanol–water partition coefficient (Wildman–Crippen LogP) is 3.57. The van der Waals surface area contributed by atoms with Crippen LogP contribution in [-0.4, -0.2) is 35.2 Å². The number of hydrogen-bond acceptors (Lipinski definition) is 3. The van der Waals surface area contributed by atoms with Crippen LogP contribution in [0, 0.1) is 5.41 Å². The van der Waals surface area contributed by atoms with Gasteiger partial charge < -0.3 is 10.1 Å². The second-order valence-corrected chi connectivity index (χ2v) is 8.37. The standard InChI is InChI=1S/C19H28N2O2/c1-17(2,3)23-16(22)20-18(4)13-21(14-19(18)10-11-19)12-15-8-6-5-7-9-15/h5-9H,10-14H2,1-4H3,(H,20,22). The number of alkyl carbamates (subject to hydrolysis) is 1. The fraction of sp³-hybridized carbons (Fsp3) is 0.632. The van der Waals surface area contributed by atoms with E-state index in [-0.39, 0.29) is 17.0 Å². The minimum atomic E-state index is -0.459. The summed E-state index contributed by atoms with van der Waals surface area (Å²) in [7, 11) is 0. The van der Waals surface area contributed by atoms with E-state index >= 15 is 0 Å². The van der Waals surface area contributed by atoms with Crippen LogP contribution in [0.5, 0.6) is 0 Å². The normalized spacial score (nSPS) is 26.3. The largest absolute Gasteiger partial charge is 0.444 e. The Bertz CT molecular complexity index is 575. The maximum atomic E-state index is 12.2. The monoisotopic (exact) mass is 316 g/mol. The van der Waals surface area contributed by atoms with Gasteiger partial charge in [0.15, 0.2) is 0 Å². The lowest BCUT2D eigenvalue weighted by Gasteiger charge is -2.33. The minimum absolute atomic E-state index is 0.204. The van der Waals surface area contributed by atoms with Crippen LogP contribution in [0.15, 0.2) is 30.3 Å². The molecule has 1 aromatic rings. The predicted molar refractivity (Wildman–Crippen MR) is 91.2 cm³/mol. The first kappa shape index (κ1) is 16.3. The van der Waals surface area contributed by atoms with Crippen molar-refractivity contribution in [3.63, 3.8) is 0 Å². The number of likely N-dealkylation sites (tertiary alicyclic amines) is 1. The average molecular weight is 316 g/mol. The minimum Gasteiger partial charge on any atom is -0.444 e. The molecule has 4 nitrogen and oxygen atoms in total. The lowest BCUT2D eigenvalue weighted by atomic mass is 9.86. The Morgan fingerprint density at radius 1 is 1.22 bits per heavy atom. The van der Waals surface area contributed by atoms with Crippen LogP contribution in [0.2, 0.25) is 0 Å². The third kappa shape index (κ3) is 3.52. The van der Waals surface area contributed by atoms with Crippen LogP contribution in [0.1, 0.15) is 46.1 Å². The van der Waals surface area contributed by atoms with Crippen LogP contribution in [0.3, 0.4) is 0 Å². The molecule has 0 radical (unpaired) electrons. The molecular weight excluding hydrogens is 288 g/mol. The molecule has 1 atom stereocenters. The highest BCUT2D eigenvalue weighted by Gasteiger charge is 2.62. The molecule has 23 heavy (non-hydrogen) atoms. The SMILES string of the molecule is CC(C)(C)OC(=O)NC1(C)CN(Cc2ccccc2)CC12CC2. The topological polar surface area (TPSA) is 41.6 Å². The van der Waals surface area contributed by atoms with E-state index in [1.54, 1.807) is 0 Å². The summed E-state index contributed by atoms with van der Waals surface area (Å²) < 4.78 is 5.47. The molecule has 1 aliphatic heterocycles. The Labute approximate surface area is 139 Å². The summed E-state index contributed by atoms with van der Waals surface area (Å²) in [5, 5.41) is 3.18. The smallest absolute Gasteiger partial charge is 0.408 e. The fourth-order valence-electron chi connectivity index (χ4n) is 3.79. The first-order valence-electron chi connectivity index (χ1n) is 8.49. The summed E-state index contributed by atoms with van der Waals surface area (Å²) in [6.07, 6.45) is 2.07. The first-order valence-corrected chi connectivity index (χ1v) is 8.49. The third-order valence-electron chi connectivity index (χ3n) is 5.12. The van der Waals surface area contributed by atoms with Crippen LogP contribution >= 0.6 is 0 Å². The first-order chi connectivity index (χ1) is 10.7. The van der Waals surface area contributed by atoms with Crippen molar-refractivity contribution in [1.82, 2.24) is 10.2 Å². The summed E-state index contributed by atoms with van der Waals surface area (Å²) in [5.74, 6) is 0. The van der Waals surface area contributed by atoms with Gasteiger partial charge in [-0.1, -0.05) is 30.3 Å². The van der Waals surface area contributed by atoms with Gasteiger partial charge in [0.2, 0.25) is 0 Å². The van der Waals surface area contributed by atoms with Crippen LogP contribution < -0.4 is 5.32 Å². The molecule has 2 aliphatic rings. The highest BCUT2D eigenvalue weighted by molar-refractivity contribution is 5.69. The molecule has 1 aromatic carbocycles. The Morgan fingerprint density at radius 2 is 1.87 bits per heavy atom. The van der Waals surface area contributed by atoms with Crippen molar-refractivity contribution in [3.05, 3.63) is 35.9 Å². The summed E-state index contributed by atoms with van der Waals surface area (Å²) >= 11 is 0. The Balaban J connectivity index is 1.66. The lowest BCUT2D eigenvalue weighted by Crippen LogP contribution is -2.54. The highest BCUT2D eigenvalue weighted by Crippen LogP contribution is 2.58. The molecule has 3 rings (SSSR count). The van der Waals surface area contributed by atoms with Gasteiger partial charge in [-0.3, -0.25) is 4.90 Å². The van der Waals surface area contributed by atoms with E-state index < -0.39 is 5.60 Å². The molecule has 1 spiro atoms. The van der Waals surface area contributed by atoms with Crippen molar-refractivity contribution >= 4 is 6.09 Å². The van der Waals surface area contributed by atoms with Gasteiger partial charge in [-0.2, -0.15) is 0 Å². The van der Waals surface area contributed by atoms with Crippen molar-refractivity contribution in [2.24, 2.45) is 5.41 Å². The van der Waals surface area contributed by atoms with Crippen LogP contribution in [0.4, 0.5) is 4.79 Å². The van der Waals surface area contributed by atoms with Gasteiger partial charge >= 0.3 is 6.09 Å². The van der Waals surface area contributed by atoms with Gasteiger partial charge in [-0.15, -0.1) is 0 Å². The summed E-state index contributed by atoms with van der Waals surface area (Å²) in [4.78, 5) is 14.7. The van der Waals surface area contributed by atoms with E-state index in [0.717, 1.165) is 19.6 Å².